The number of hydrogen-bond donors (Lipinski definition) is 1. The Bertz CT molecular complexity index is 838. The van der Waals surface area contributed by atoms with E-state index in [0.717, 1.165) is 30.2 Å². The molecule has 2 aromatic rings. The first-order valence-electron chi connectivity index (χ1n) is 10.0. The third kappa shape index (κ3) is 6.31. The summed E-state index contributed by atoms with van der Waals surface area (Å²) in [6, 6.07) is 3.83. The van der Waals surface area contributed by atoms with Gasteiger partial charge in [0, 0.05) is 45.1 Å². The molecule has 3 rings (SSSR count). The van der Waals surface area contributed by atoms with Crippen molar-refractivity contribution in [2.75, 3.05) is 37.7 Å². The predicted octanol–water partition coefficient (Wildman–Crippen LogP) is 2.04. The van der Waals surface area contributed by atoms with Gasteiger partial charge in [0.1, 0.15) is 6.54 Å². The van der Waals surface area contributed by atoms with Gasteiger partial charge in [-0.1, -0.05) is 13.0 Å². The molecule has 9 nitrogen and oxygen atoms in total. The SMILES string of the molecule is CCCOc1ccc(CN=C(NCC)N2CCN(c3cnn(C)c3)C(=O)C2)cn1.I. The van der Waals surface area contributed by atoms with E-state index < -0.39 is 0 Å². The molecule has 10 heteroatoms. The van der Waals surface area contributed by atoms with Crippen molar-refractivity contribution in [2.24, 2.45) is 12.0 Å². The van der Waals surface area contributed by atoms with Gasteiger partial charge in [0.05, 0.1) is 25.0 Å². The van der Waals surface area contributed by atoms with Crippen LogP contribution >= 0.6 is 24.0 Å². The van der Waals surface area contributed by atoms with Crippen LogP contribution in [0.1, 0.15) is 25.8 Å². The van der Waals surface area contributed by atoms with Crippen molar-refractivity contribution in [2.45, 2.75) is 26.8 Å². The lowest BCUT2D eigenvalue weighted by Crippen LogP contribution is -2.55. The fourth-order valence-electron chi connectivity index (χ4n) is 3.06. The predicted molar refractivity (Wildman–Crippen MR) is 127 cm³/mol. The van der Waals surface area contributed by atoms with Crippen molar-refractivity contribution in [1.82, 2.24) is 25.0 Å². The zero-order chi connectivity index (χ0) is 20.6. The highest BCUT2D eigenvalue weighted by atomic mass is 127. The van der Waals surface area contributed by atoms with Crippen molar-refractivity contribution in [3.63, 3.8) is 0 Å². The third-order valence-electron chi connectivity index (χ3n) is 4.52. The lowest BCUT2D eigenvalue weighted by atomic mass is 10.3. The maximum absolute atomic E-state index is 12.7. The van der Waals surface area contributed by atoms with Crippen molar-refractivity contribution in [3.05, 3.63) is 36.3 Å². The summed E-state index contributed by atoms with van der Waals surface area (Å²) in [5.41, 5.74) is 1.82. The second kappa shape index (κ2) is 11.7. The van der Waals surface area contributed by atoms with Crippen molar-refractivity contribution in [3.8, 4) is 5.88 Å². The molecule has 0 unspecified atom stereocenters. The van der Waals surface area contributed by atoms with Gasteiger partial charge in [-0.15, -0.1) is 24.0 Å². The Kier molecular flexibility index (Phi) is 9.34. The average molecular weight is 527 g/mol. The molecule has 30 heavy (non-hydrogen) atoms. The minimum absolute atomic E-state index is 0. The molecular weight excluding hydrogens is 497 g/mol. The Balaban J connectivity index is 0.00000320. The summed E-state index contributed by atoms with van der Waals surface area (Å²) in [4.78, 5) is 25.4. The van der Waals surface area contributed by atoms with Crippen LogP contribution in [-0.2, 0) is 18.4 Å². The number of anilines is 1. The van der Waals surface area contributed by atoms with Gasteiger partial charge in [0.2, 0.25) is 11.8 Å². The van der Waals surface area contributed by atoms with E-state index in [2.05, 4.69) is 22.3 Å². The van der Waals surface area contributed by atoms with Crippen LogP contribution < -0.4 is 15.0 Å². The van der Waals surface area contributed by atoms with E-state index in [9.17, 15) is 4.79 Å². The lowest BCUT2D eigenvalue weighted by Gasteiger charge is -2.35. The summed E-state index contributed by atoms with van der Waals surface area (Å²) >= 11 is 0. The Hall–Kier alpha value is -2.37. The number of rotatable bonds is 7. The molecule has 2 aromatic heterocycles. The maximum atomic E-state index is 12.7. The normalized spacial score (nSPS) is 14.5. The Morgan fingerprint density at radius 3 is 2.70 bits per heavy atom. The van der Waals surface area contributed by atoms with E-state index in [1.807, 2.05) is 37.2 Å². The van der Waals surface area contributed by atoms with Crippen molar-refractivity contribution >= 4 is 41.5 Å². The topological polar surface area (TPSA) is 87.9 Å². The van der Waals surface area contributed by atoms with E-state index >= 15 is 0 Å². The van der Waals surface area contributed by atoms with Gasteiger partial charge in [-0.05, 0) is 18.9 Å². The Labute approximate surface area is 194 Å². The molecular formula is C20H30IN7O2. The number of hydrogen-bond acceptors (Lipinski definition) is 5. The number of pyridine rings is 1. The summed E-state index contributed by atoms with van der Waals surface area (Å²) in [6.45, 7) is 7.54. The maximum Gasteiger partial charge on any atom is 0.246 e. The van der Waals surface area contributed by atoms with Crippen LogP contribution in [0.3, 0.4) is 0 Å². The van der Waals surface area contributed by atoms with Gasteiger partial charge in [-0.2, -0.15) is 5.10 Å². The van der Waals surface area contributed by atoms with Crippen LogP contribution in [0.15, 0.2) is 35.7 Å². The van der Waals surface area contributed by atoms with Crippen molar-refractivity contribution in [1.29, 1.82) is 0 Å². The van der Waals surface area contributed by atoms with Gasteiger partial charge in [0.15, 0.2) is 5.96 Å². The minimum Gasteiger partial charge on any atom is -0.478 e. The van der Waals surface area contributed by atoms with E-state index in [4.69, 9.17) is 9.73 Å². The molecule has 3 heterocycles. The van der Waals surface area contributed by atoms with Gasteiger partial charge < -0.3 is 19.9 Å². The highest BCUT2D eigenvalue weighted by Crippen LogP contribution is 2.16. The molecule has 1 N–H and O–H groups in total. The molecule has 0 radical (unpaired) electrons. The number of aromatic nitrogens is 3. The van der Waals surface area contributed by atoms with Crippen LogP contribution in [0.25, 0.3) is 0 Å². The monoisotopic (exact) mass is 527 g/mol. The molecule has 1 aliphatic heterocycles. The summed E-state index contributed by atoms with van der Waals surface area (Å²) < 4.78 is 7.22. The molecule has 0 saturated carbocycles. The number of aliphatic imine (C=N–C) groups is 1. The highest BCUT2D eigenvalue weighted by molar-refractivity contribution is 14.0. The highest BCUT2D eigenvalue weighted by Gasteiger charge is 2.27. The zero-order valence-electron chi connectivity index (χ0n) is 17.7. The fraction of sp³-hybridized carbons (Fsp3) is 0.500. The zero-order valence-corrected chi connectivity index (χ0v) is 20.1. The number of carbonyl (C=O) groups is 1. The van der Waals surface area contributed by atoms with E-state index in [-0.39, 0.29) is 36.4 Å². The molecule has 0 spiro atoms. The average Bonchev–Trinajstić information content (AvgIpc) is 3.16. The molecule has 1 aliphatic rings. The largest absolute Gasteiger partial charge is 0.478 e. The summed E-state index contributed by atoms with van der Waals surface area (Å²) in [6.07, 6.45) is 6.30. The Morgan fingerprint density at radius 1 is 1.27 bits per heavy atom. The number of aryl methyl sites for hydroxylation is 1. The lowest BCUT2D eigenvalue weighted by molar-refractivity contribution is -0.120. The first kappa shape index (κ1) is 23.9. The quantitative estimate of drug-likeness (QED) is 0.337. The third-order valence-corrected chi connectivity index (χ3v) is 4.52. The standard InChI is InChI=1S/C20H29N7O2.HI/c1-4-10-29-18-7-6-16(11-22-18)12-23-20(21-5-2)26-8-9-27(19(28)15-26)17-13-24-25(3)14-17;/h6-7,11,13-14H,4-5,8-10,12,15H2,1-3H3,(H,21,23);1H. The van der Waals surface area contributed by atoms with Crippen LogP contribution in [0.5, 0.6) is 5.88 Å². The number of guanidine groups is 1. The molecule has 0 atom stereocenters. The number of nitrogens with one attached hydrogen (secondary N) is 1. The molecule has 0 bridgehead atoms. The first-order chi connectivity index (χ1) is 14.1. The summed E-state index contributed by atoms with van der Waals surface area (Å²) in [5.74, 6) is 1.40. The number of piperazine rings is 1. The molecule has 0 aromatic carbocycles. The van der Waals surface area contributed by atoms with Gasteiger partial charge in [0.25, 0.3) is 0 Å². The van der Waals surface area contributed by atoms with Gasteiger partial charge >= 0.3 is 0 Å². The molecule has 1 fully saturated rings. The first-order valence-corrected chi connectivity index (χ1v) is 10.0. The van der Waals surface area contributed by atoms with E-state index in [1.165, 1.54) is 0 Å². The Morgan fingerprint density at radius 2 is 2.10 bits per heavy atom. The molecule has 1 saturated heterocycles. The molecule has 0 aliphatic carbocycles. The van der Waals surface area contributed by atoms with Crippen molar-refractivity contribution < 1.29 is 9.53 Å². The van der Waals surface area contributed by atoms with Crippen LogP contribution in [0.4, 0.5) is 5.69 Å². The van der Waals surface area contributed by atoms with E-state index in [0.29, 0.717) is 32.1 Å². The second-order valence-corrected chi connectivity index (χ2v) is 6.86. The van der Waals surface area contributed by atoms with Crippen LogP contribution in [0, 0.1) is 0 Å². The smallest absolute Gasteiger partial charge is 0.246 e. The minimum atomic E-state index is 0. The summed E-state index contributed by atoms with van der Waals surface area (Å²) in [7, 11) is 1.84. The molecule has 1 amide bonds. The van der Waals surface area contributed by atoms with Gasteiger partial charge in [-0.25, -0.2) is 9.98 Å². The molecule has 164 valence electrons. The fourth-order valence-corrected chi connectivity index (χ4v) is 3.06. The number of nitrogens with zero attached hydrogens (tertiary/aromatic N) is 6. The number of carbonyl (C=O) groups excluding carboxylic acids is 1. The number of halogens is 1. The number of amides is 1. The van der Waals surface area contributed by atoms with E-state index in [1.54, 1.807) is 22.0 Å². The second-order valence-electron chi connectivity index (χ2n) is 6.86. The summed E-state index contributed by atoms with van der Waals surface area (Å²) in [5, 5.41) is 7.44. The van der Waals surface area contributed by atoms with Crippen LogP contribution in [-0.4, -0.2) is 64.3 Å². The van der Waals surface area contributed by atoms with Gasteiger partial charge in [-0.3, -0.25) is 9.48 Å². The van der Waals surface area contributed by atoms with Crippen LogP contribution in [0.2, 0.25) is 0 Å². The number of ether oxygens (including phenoxy) is 1.